The Kier molecular flexibility index (Phi) is 5.61. The summed E-state index contributed by atoms with van der Waals surface area (Å²) in [5.41, 5.74) is 0. The number of nitrogens with zero attached hydrogens (tertiary/aromatic N) is 1. The van der Waals surface area contributed by atoms with Crippen molar-refractivity contribution in [3.63, 3.8) is 0 Å². The number of aryl methyl sites for hydroxylation is 1. The largest absolute Gasteiger partial charge is 0.480 e. The maximum atomic E-state index is 12.0. The molecule has 112 valence electrons. The number of urea groups is 1. The van der Waals surface area contributed by atoms with Crippen LogP contribution in [0.1, 0.15) is 31.8 Å². The lowest BCUT2D eigenvalue weighted by molar-refractivity contribution is -0.140. The predicted molar refractivity (Wildman–Crippen MR) is 74.3 cm³/mol. The zero-order valence-electron chi connectivity index (χ0n) is 12.3. The topological polar surface area (TPSA) is 82.8 Å². The van der Waals surface area contributed by atoms with E-state index in [4.69, 9.17) is 9.52 Å². The number of amides is 2. The van der Waals surface area contributed by atoms with E-state index in [1.54, 1.807) is 20.0 Å². The average molecular weight is 282 g/mol. The van der Waals surface area contributed by atoms with E-state index in [0.717, 1.165) is 5.76 Å². The van der Waals surface area contributed by atoms with Crippen LogP contribution in [-0.2, 0) is 11.3 Å². The fourth-order valence-electron chi connectivity index (χ4n) is 1.80. The maximum absolute atomic E-state index is 12.0. The first kappa shape index (κ1) is 16.1. The van der Waals surface area contributed by atoms with Crippen molar-refractivity contribution in [3.05, 3.63) is 23.7 Å². The third-order valence-corrected chi connectivity index (χ3v) is 3.29. The highest BCUT2D eigenvalue weighted by Crippen LogP contribution is 2.11. The Morgan fingerprint density at radius 3 is 2.55 bits per heavy atom. The molecule has 2 atom stereocenters. The molecule has 0 spiro atoms. The van der Waals surface area contributed by atoms with Gasteiger partial charge in [0, 0.05) is 7.05 Å². The Labute approximate surface area is 118 Å². The van der Waals surface area contributed by atoms with E-state index in [-0.39, 0.29) is 5.92 Å². The summed E-state index contributed by atoms with van der Waals surface area (Å²) in [5, 5.41) is 11.7. The first-order chi connectivity index (χ1) is 9.35. The van der Waals surface area contributed by atoms with E-state index in [9.17, 15) is 9.59 Å². The molecule has 0 aliphatic rings. The van der Waals surface area contributed by atoms with Crippen LogP contribution in [-0.4, -0.2) is 35.1 Å². The van der Waals surface area contributed by atoms with Crippen molar-refractivity contribution in [1.82, 2.24) is 10.2 Å². The monoisotopic (exact) mass is 282 g/mol. The molecule has 2 N–H and O–H groups in total. The summed E-state index contributed by atoms with van der Waals surface area (Å²) in [6, 6.07) is 2.31. The molecule has 6 nitrogen and oxygen atoms in total. The minimum atomic E-state index is -1.02. The van der Waals surface area contributed by atoms with Crippen molar-refractivity contribution in [3.8, 4) is 0 Å². The SMILES string of the molecule is CCC(C)C(NC(=O)N(C)Cc1ccc(C)o1)C(=O)O. The van der Waals surface area contributed by atoms with E-state index in [1.807, 2.05) is 19.9 Å². The van der Waals surface area contributed by atoms with Crippen LogP contribution >= 0.6 is 0 Å². The molecular weight excluding hydrogens is 260 g/mol. The average Bonchev–Trinajstić information content (AvgIpc) is 2.79. The second-order valence-corrected chi connectivity index (χ2v) is 5.02. The molecule has 2 unspecified atom stereocenters. The van der Waals surface area contributed by atoms with E-state index < -0.39 is 18.0 Å². The number of hydrogen-bond donors (Lipinski definition) is 2. The van der Waals surface area contributed by atoms with Crippen LogP contribution in [0.2, 0.25) is 0 Å². The Morgan fingerprint density at radius 1 is 1.45 bits per heavy atom. The minimum Gasteiger partial charge on any atom is -0.480 e. The van der Waals surface area contributed by atoms with Gasteiger partial charge in [-0.1, -0.05) is 20.3 Å². The van der Waals surface area contributed by atoms with Crippen molar-refractivity contribution in [1.29, 1.82) is 0 Å². The highest BCUT2D eigenvalue weighted by molar-refractivity contribution is 5.82. The zero-order valence-corrected chi connectivity index (χ0v) is 12.3. The molecule has 0 bridgehead atoms. The van der Waals surface area contributed by atoms with Crippen LogP contribution < -0.4 is 5.32 Å². The summed E-state index contributed by atoms with van der Waals surface area (Å²) in [7, 11) is 1.60. The van der Waals surface area contributed by atoms with Crippen LogP contribution in [0.4, 0.5) is 4.79 Å². The maximum Gasteiger partial charge on any atom is 0.326 e. The lowest BCUT2D eigenvalue weighted by atomic mass is 9.99. The zero-order chi connectivity index (χ0) is 15.3. The molecule has 1 rings (SSSR count). The Balaban J connectivity index is 2.61. The van der Waals surface area contributed by atoms with Gasteiger partial charge in [0.2, 0.25) is 0 Å². The normalized spacial score (nSPS) is 13.6. The summed E-state index contributed by atoms with van der Waals surface area (Å²) in [4.78, 5) is 24.6. The highest BCUT2D eigenvalue weighted by Gasteiger charge is 2.26. The van der Waals surface area contributed by atoms with Crippen LogP contribution in [0, 0.1) is 12.8 Å². The van der Waals surface area contributed by atoms with Gasteiger partial charge >= 0.3 is 12.0 Å². The van der Waals surface area contributed by atoms with Crippen LogP contribution in [0.3, 0.4) is 0 Å². The quantitative estimate of drug-likeness (QED) is 0.838. The number of furan rings is 1. The van der Waals surface area contributed by atoms with Gasteiger partial charge in [-0.2, -0.15) is 0 Å². The first-order valence-electron chi connectivity index (χ1n) is 6.64. The van der Waals surface area contributed by atoms with Gasteiger partial charge in [0.15, 0.2) is 0 Å². The number of hydrogen-bond acceptors (Lipinski definition) is 3. The summed E-state index contributed by atoms with van der Waals surface area (Å²) in [6.07, 6.45) is 0.679. The molecule has 0 aliphatic carbocycles. The van der Waals surface area contributed by atoms with Crippen molar-refractivity contribution in [2.24, 2.45) is 5.92 Å². The lowest BCUT2D eigenvalue weighted by Gasteiger charge is -2.24. The molecule has 0 aromatic carbocycles. The number of rotatable bonds is 6. The van der Waals surface area contributed by atoms with Crippen LogP contribution in [0.15, 0.2) is 16.5 Å². The number of carbonyl (C=O) groups is 2. The van der Waals surface area contributed by atoms with Crippen molar-refractivity contribution in [2.75, 3.05) is 7.05 Å². The number of carboxylic acids is 1. The van der Waals surface area contributed by atoms with E-state index in [1.165, 1.54) is 4.90 Å². The van der Waals surface area contributed by atoms with Crippen LogP contribution in [0.5, 0.6) is 0 Å². The van der Waals surface area contributed by atoms with Gasteiger partial charge in [0.1, 0.15) is 17.6 Å². The van der Waals surface area contributed by atoms with Gasteiger partial charge in [-0.15, -0.1) is 0 Å². The van der Waals surface area contributed by atoms with Gasteiger partial charge in [0.05, 0.1) is 6.54 Å². The molecule has 0 saturated heterocycles. The van der Waals surface area contributed by atoms with Crippen molar-refractivity contribution in [2.45, 2.75) is 39.8 Å². The fraction of sp³-hybridized carbons (Fsp3) is 0.571. The first-order valence-corrected chi connectivity index (χ1v) is 6.64. The van der Waals surface area contributed by atoms with Crippen molar-refractivity contribution < 1.29 is 19.1 Å². The van der Waals surface area contributed by atoms with Crippen LogP contribution in [0.25, 0.3) is 0 Å². The Morgan fingerprint density at radius 2 is 2.10 bits per heavy atom. The highest BCUT2D eigenvalue weighted by atomic mass is 16.4. The molecule has 2 amide bonds. The van der Waals surface area contributed by atoms with E-state index in [0.29, 0.717) is 18.7 Å². The van der Waals surface area contributed by atoms with Gasteiger partial charge in [-0.05, 0) is 25.0 Å². The molecule has 0 saturated carbocycles. The molecule has 1 heterocycles. The second-order valence-electron chi connectivity index (χ2n) is 5.02. The minimum absolute atomic E-state index is 0.129. The molecular formula is C14H22N2O4. The molecule has 1 aromatic heterocycles. The number of nitrogens with one attached hydrogen (secondary N) is 1. The van der Waals surface area contributed by atoms with Gasteiger partial charge in [-0.3, -0.25) is 0 Å². The Bertz CT molecular complexity index is 469. The third-order valence-electron chi connectivity index (χ3n) is 3.29. The molecule has 1 aromatic rings. The summed E-state index contributed by atoms with van der Waals surface area (Å²) < 4.78 is 5.39. The number of carbonyl (C=O) groups excluding carboxylic acids is 1. The number of aliphatic carboxylic acids is 1. The smallest absolute Gasteiger partial charge is 0.326 e. The van der Waals surface area contributed by atoms with Crippen molar-refractivity contribution >= 4 is 12.0 Å². The molecule has 6 heteroatoms. The third kappa shape index (κ3) is 4.29. The molecule has 0 radical (unpaired) electrons. The van der Waals surface area contributed by atoms with Gasteiger partial charge in [0.25, 0.3) is 0 Å². The molecule has 20 heavy (non-hydrogen) atoms. The molecule has 0 aliphatic heterocycles. The molecule has 0 fully saturated rings. The predicted octanol–water partition coefficient (Wildman–Crippen LogP) is 2.23. The second kappa shape index (κ2) is 6.98. The van der Waals surface area contributed by atoms with E-state index >= 15 is 0 Å². The summed E-state index contributed by atoms with van der Waals surface area (Å²) >= 11 is 0. The summed E-state index contributed by atoms with van der Waals surface area (Å²) in [5.74, 6) is 0.290. The number of carboxylic acid groups (broad SMARTS) is 1. The lowest BCUT2D eigenvalue weighted by Crippen LogP contribution is -2.49. The van der Waals surface area contributed by atoms with Gasteiger partial charge < -0.3 is 19.7 Å². The standard InChI is InChI=1S/C14H22N2O4/c1-5-9(2)12(13(17)18)15-14(19)16(4)8-11-7-6-10(3)20-11/h6-7,9,12H,5,8H2,1-4H3,(H,15,19)(H,17,18). The van der Waals surface area contributed by atoms with Gasteiger partial charge in [-0.25, -0.2) is 9.59 Å². The fourth-order valence-corrected chi connectivity index (χ4v) is 1.80. The summed E-state index contributed by atoms with van der Waals surface area (Å²) in [6.45, 7) is 5.82. The van der Waals surface area contributed by atoms with E-state index in [2.05, 4.69) is 5.32 Å². The Hall–Kier alpha value is -1.98.